The van der Waals surface area contributed by atoms with Crippen molar-refractivity contribution in [3.05, 3.63) is 51.7 Å². The molecule has 2 heterocycles. The molecule has 1 aliphatic carbocycles. The second-order valence-corrected chi connectivity index (χ2v) is 5.68. The number of nitrogens with one attached hydrogen (secondary N) is 1. The smallest absolute Gasteiger partial charge is 0.0965 e. The molecule has 18 heavy (non-hydrogen) atoms. The number of thiophene rings is 1. The van der Waals surface area contributed by atoms with Crippen LogP contribution in [-0.2, 0) is 6.42 Å². The predicted molar refractivity (Wildman–Crippen MR) is 74.9 cm³/mol. The van der Waals surface area contributed by atoms with Gasteiger partial charge in [-0.15, -0.1) is 11.3 Å². The molecule has 2 aromatic heterocycles. The van der Waals surface area contributed by atoms with Gasteiger partial charge in [-0.2, -0.15) is 5.10 Å². The topological polar surface area (TPSA) is 28.7 Å². The van der Waals surface area contributed by atoms with Crippen molar-refractivity contribution >= 4 is 11.3 Å². The van der Waals surface area contributed by atoms with E-state index in [0.29, 0.717) is 0 Å². The zero-order valence-electron chi connectivity index (χ0n) is 10.0. The summed E-state index contributed by atoms with van der Waals surface area (Å²) in [5, 5.41) is 9.89. The molecule has 3 heteroatoms. The van der Waals surface area contributed by atoms with Crippen LogP contribution in [0.15, 0.2) is 35.7 Å². The van der Waals surface area contributed by atoms with Crippen molar-refractivity contribution in [3.8, 4) is 22.5 Å². The highest BCUT2D eigenvalue weighted by molar-refractivity contribution is 7.10. The zero-order valence-corrected chi connectivity index (χ0v) is 10.8. The van der Waals surface area contributed by atoms with Crippen molar-refractivity contribution < 1.29 is 0 Å². The average molecular weight is 252 g/mol. The molecule has 0 spiro atoms. The Labute approximate surface area is 109 Å². The molecule has 1 aliphatic rings. The first-order chi connectivity index (χ1) is 8.84. The first kappa shape index (κ1) is 10.1. The van der Waals surface area contributed by atoms with Gasteiger partial charge in [-0.05, 0) is 23.9 Å². The van der Waals surface area contributed by atoms with Crippen molar-refractivity contribution in [1.29, 1.82) is 0 Å². The fraction of sp³-hybridized carbons (Fsp3) is 0.133. The SMILES string of the molecule is Cc1ccccc1-c1n[nH]c2c1Cc1sccc1-2. The zero-order chi connectivity index (χ0) is 12.1. The summed E-state index contributed by atoms with van der Waals surface area (Å²) in [4.78, 5) is 1.45. The summed E-state index contributed by atoms with van der Waals surface area (Å²) in [6, 6.07) is 10.6. The van der Waals surface area contributed by atoms with Crippen LogP contribution in [0.25, 0.3) is 22.5 Å². The largest absolute Gasteiger partial charge is 0.277 e. The Morgan fingerprint density at radius 1 is 1.17 bits per heavy atom. The molecular weight excluding hydrogens is 240 g/mol. The van der Waals surface area contributed by atoms with Gasteiger partial charge in [0, 0.05) is 28.0 Å². The number of aryl methyl sites for hydroxylation is 1. The molecule has 1 aromatic carbocycles. The average Bonchev–Trinajstić information content (AvgIpc) is 3.01. The summed E-state index contributed by atoms with van der Waals surface area (Å²) >= 11 is 1.83. The van der Waals surface area contributed by atoms with Crippen LogP contribution >= 0.6 is 11.3 Å². The van der Waals surface area contributed by atoms with Gasteiger partial charge in [0.15, 0.2) is 0 Å². The Kier molecular flexibility index (Phi) is 2.00. The Hall–Kier alpha value is -1.87. The summed E-state index contributed by atoms with van der Waals surface area (Å²) in [5.41, 5.74) is 7.54. The summed E-state index contributed by atoms with van der Waals surface area (Å²) in [6.07, 6.45) is 1.02. The number of hydrogen-bond acceptors (Lipinski definition) is 2. The molecule has 0 bridgehead atoms. The highest BCUT2D eigenvalue weighted by Crippen LogP contribution is 2.42. The number of benzene rings is 1. The third-order valence-electron chi connectivity index (χ3n) is 3.62. The number of H-pyrrole nitrogens is 1. The minimum atomic E-state index is 1.02. The minimum Gasteiger partial charge on any atom is -0.277 e. The van der Waals surface area contributed by atoms with E-state index >= 15 is 0 Å². The molecule has 0 aliphatic heterocycles. The second kappa shape index (κ2) is 3.56. The maximum absolute atomic E-state index is 4.53. The number of nitrogens with zero attached hydrogens (tertiary/aromatic N) is 1. The van der Waals surface area contributed by atoms with Crippen molar-refractivity contribution in [2.75, 3.05) is 0 Å². The summed E-state index contributed by atoms with van der Waals surface area (Å²) in [5.74, 6) is 0. The molecular formula is C15H12N2S. The van der Waals surface area contributed by atoms with Crippen LogP contribution in [0.3, 0.4) is 0 Å². The maximum Gasteiger partial charge on any atom is 0.0965 e. The number of fused-ring (bicyclic) bond motifs is 3. The van der Waals surface area contributed by atoms with Crippen LogP contribution in [0.5, 0.6) is 0 Å². The fourth-order valence-corrected chi connectivity index (χ4v) is 3.58. The van der Waals surface area contributed by atoms with Gasteiger partial charge in [-0.1, -0.05) is 24.3 Å². The molecule has 1 N–H and O–H groups in total. The maximum atomic E-state index is 4.53. The highest BCUT2D eigenvalue weighted by Gasteiger charge is 2.26. The molecule has 0 fully saturated rings. The van der Waals surface area contributed by atoms with Gasteiger partial charge in [-0.25, -0.2) is 0 Å². The van der Waals surface area contributed by atoms with Gasteiger partial charge < -0.3 is 0 Å². The molecule has 2 nitrogen and oxygen atoms in total. The van der Waals surface area contributed by atoms with Crippen LogP contribution in [0.1, 0.15) is 16.0 Å². The highest BCUT2D eigenvalue weighted by atomic mass is 32.1. The molecule has 0 unspecified atom stereocenters. The second-order valence-electron chi connectivity index (χ2n) is 4.67. The predicted octanol–water partition coefficient (Wildman–Crippen LogP) is 4.02. The summed E-state index contributed by atoms with van der Waals surface area (Å²) in [7, 11) is 0. The number of rotatable bonds is 1. The Balaban J connectivity index is 1.93. The van der Waals surface area contributed by atoms with Crippen molar-refractivity contribution in [1.82, 2.24) is 10.2 Å². The van der Waals surface area contributed by atoms with E-state index in [1.54, 1.807) is 0 Å². The van der Waals surface area contributed by atoms with Crippen molar-refractivity contribution in [3.63, 3.8) is 0 Å². The standard InChI is InChI=1S/C15H12N2S/c1-9-4-2-3-5-10(9)14-12-8-13-11(6-7-18-13)15(12)17-16-14/h2-7H,8H2,1H3,(H,16,17). The summed E-state index contributed by atoms with van der Waals surface area (Å²) < 4.78 is 0. The van der Waals surface area contributed by atoms with Gasteiger partial charge in [0.25, 0.3) is 0 Å². The van der Waals surface area contributed by atoms with E-state index in [9.17, 15) is 0 Å². The first-order valence-corrected chi connectivity index (χ1v) is 6.92. The minimum absolute atomic E-state index is 1.02. The molecule has 3 aromatic rings. The van der Waals surface area contributed by atoms with E-state index < -0.39 is 0 Å². The molecule has 88 valence electrons. The lowest BCUT2D eigenvalue weighted by molar-refractivity contribution is 1.09. The van der Waals surface area contributed by atoms with E-state index in [1.807, 2.05) is 11.3 Å². The Morgan fingerprint density at radius 2 is 2.06 bits per heavy atom. The monoisotopic (exact) mass is 252 g/mol. The molecule has 4 rings (SSSR count). The van der Waals surface area contributed by atoms with Crippen LogP contribution in [-0.4, -0.2) is 10.2 Å². The number of aromatic amines is 1. The molecule has 0 radical (unpaired) electrons. The lowest BCUT2D eigenvalue weighted by atomic mass is 10.0. The van der Waals surface area contributed by atoms with E-state index in [2.05, 4.69) is 52.8 Å². The van der Waals surface area contributed by atoms with E-state index in [1.165, 1.54) is 32.8 Å². The van der Waals surface area contributed by atoms with Crippen molar-refractivity contribution in [2.45, 2.75) is 13.3 Å². The molecule has 0 atom stereocenters. The normalized spacial score (nSPS) is 12.5. The quantitative estimate of drug-likeness (QED) is 0.544. The van der Waals surface area contributed by atoms with E-state index in [0.717, 1.165) is 12.1 Å². The number of aromatic nitrogens is 2. The van der Waals surface area contributed by atoms with Gasteiger partial charge in [-0.3, -0.25) is 5.10 Å². The van der Waals surface area contributed by atoms with E-state index in [4.69, 9.17) is 0 Å². The Bertz CT molecular complexity index is 737. The lowest BCUT2D eigenvalue weighted by Gasteiger charge is -2.03. The van der Waals surface area contributed by atoms with Crippen LogP contribution in [0.4, 0.5) is 0 Å². The van der Waals surface area contributed by atoms with E-state index in [-0.39, 0.29) is 0 Å². The molecule has 0 amide bonds. The lowest BCUT2D eigenvalue weighted by Crippen LogP contribution is -1.88. The molecule has 0 saturated carbocycles. The van der Waals surface area contributed by atoms with Gasteiger partial charge in [0.05, 0.1) is 11.4 Å². The van der Waals surface area contributed by atoms with Crippen molar-refractivity contribution in [2.24, 2.45) is 0 Å². The van der Waals surface area contributed by atoms with Crippen LogP contribution in [0, 0.1) is 6.92 Å². The number of hydrogen-bond donors (Lipinski definition) is 1. The fourth-order valence-electron chi connectivity index (χ4n) is 2.68. The Morgan fingerprint density at radius 3 is 2.94 bits per heavy atom. The third-order valence-corrected chi connectivity index (χ3v) is 4.54. The van der Waals surface area contributed by atoms with Crippen LogP contribution < -0.4 is 0 Å². The first-order valence-electron chi connectivity index (χ1n) is 6.04. The molecule has 0 saturated heterocycles. The van der Waals surface area contributed by atoms with Crippen LogP contribution in [0.2, 0.25) is 0 Å². The van der Waals surface area contributed by atoms with Gasteiger partial charge >= 0.3 is 0 Å². The van der Waals surface area contributed by atoms with Gasteiger partial charge in [0.2, 0.25) is 0 Å². The van der Waals surface area contributed by atoms with Gasteiger partial charge in [0.1, 0.15) is 0 Å². The summed E-state index contributed by atoms with van der Waals surface area (Å²) in [6.45, 7) is 2.14. The third kappa shape index (κ3) is 1.25.